The van der Waals surface area contributed by atoms with Gasteiger partial charge in [0.1, 0.15) is 0 Å². The quantitative estimate of drug-likeness (QED) is 0.592. The second kappa shape index (κ2) is 8.03. The van der Waals surface area contributed by atoms with Gasteiger partial charge in [0.25, 0.3) is 0 Å². The van der Waals surface area contributed by atoms with E-state index in [4.69, 9.17) is 18.2 Å². The van der Waals surface area contributed by atoms with Crippen LogP contribution in [0.2, 0.25) is 0 Å². The lowest BCUT2D eigenvalue weighted by molar-refractivity contribution is -0.379. The Labute approximate surface area is 152 Å². The fourth-order valence-electron chi connectivity index (χ4n) is 2.14. The molecule has 0 amide bonds. The lowest BCUT2D eigenvalue weighted by atomic mass is 9.99. The Hall–Kier alpha value is -3.16. The van der Waals surface area contributed by atoms with E-state index in [2.05, 4.69) is 16.0 Å². The maximum absolute atomic E-state index is 10.7. The first-order chi connectivity index (χ1) is 12.6. The minimum Gasteiger partial charge on any atom is -0.741 e. The van der Waals surface area contributed by atoms with Crippen molar-refractivity contribution in [2.75, 3.05) is 0 Å². The highest BCUT2D eigenvalue weighted by atomic mass is 32.2. The summed E-state index contributed by atoms with van der Waals surface area (Å²) in [6.45, 7) is 0. The van der Waals surface area contributed by atoms with Crippen LogP contribution in [0.25, 0.3) is 5.57 Å². The van der Waals surface area contributed by atoms with E-state index in [-0.39, 0.29) is 0 Å². The largest absolute Gasteiger partial charge is 0.741 e. The predicted octanol–water partition coefficient (Wildman–Crippen LogP) is 1.42. The number of nitriles is 1. The first-order valence-electron chi connectivity index (χ1n) is 7.30. The fraction of sp³-hybridized carbons (Fsp3) is 0.0588. The van der Waals surface area contributed by atoms with Crippen LogP contribution in [0.4, 0.5) is 13.2 Å². The van der Waals surface area contributed by atoms with Crippen LogP contribution in [0.3, 0.4) is 0 Å². The molecule has 2 aromatic rings. The van der Waals surface area contributed by atoms with Crippen LogP contribution >= 0.6 is 0 Å². The molecule has 3 rings (SSSR count). The topological polar surface area (TPSA) is 111 Å². The zero-order valence-electron chi connectivity index (χ0n) is 13.5. The molecular formula is C17H12F3N3O3S. The Morgan fingerprint density at radius 2 is 1.81 bits per heavy atom. The molecule has 6 nitrogen and oxygen atoms in total. The Morgan fingerprint density at radius 1 is 1.19 bits per heavy atom. The van der Waals surface area contributed by atoms with Gasteiger partial charge in [0.05, 0.1) is 22.9 Å². The molecule has 2 heterocycles. The number of nitrogens with zero attached hydrogens (tertiary/aromatic N) is 1. The van der Waals surface area contributed by atoms with Gasteiger partial charge in [0.15, 0.2) is 16.3 Å². The van der Waals surface area contributed by atoms with Crippen LogP contribution in [0, 0.1) is 11.3 Å². The van der Waals surface area contributed by atoms with Gasteiger partial charge >= 0.3 is 5.51 Å². The van der Waals surface area contributed by atoms with Crippen molar-refractivity contribution in [2.45, 2.75) is 5.51 Å². The van der Waals surface area contributed by atoms with Gasteiger partial charge in [0, 0.05) is 18.3 Å². The van der Waals surface area contributed by atoms with Crippen molar-refractivity contribution in [1.29, 1.82) is 5.26 Å². The third-order valence-electron chi connectivity index (χ3n) is 3.32. The summed E-state index contributed by atoms with van der Waals surface area (Å²) in [5.41, 5.74) is -0.712. The van der Waals surface area contributed by atoms with E-state index in [0.29, 0.717) is 5.56 Å². The molecule has 0 aliphatic carbocycles. The highest BCUT2D eigenvalue weighted by Gasteiger charge is 2.36. The molecule has 2 N–H and O–H groups in total. The summed E-state index contributed by atoms with van der Waals surface area (Å²) in [4.78, 5) is 6.46. The van der Waals surface area contributed by atoms with E-state index in [1.165, 1.54) is 0 Å². The Balaban J connectivity index is 0.000000279. The summed E-state index contributed by atoms with van der Waals surface area (Å²) in [6, 6.07) is 13.8. The summed E-state index contributed by atoms with van der Waals surface area (Å²) in [5.74, 6) is 0. The van der Waals surface area contributed by atoms with Crippen molar-refractivity contribution in [3.63, 3.8) is 0 Å². The van der Waals surface area contributed by atoms with Crippen molar-refractivity contribution in [1.82, 2.24) is 4.98 Å². The lowest BCUT2D eigenvalue weighted by Crippen LogP contribution is -2.64. The number of benzene rings is 1. The third-order valence-corrected chi connectivity index (χ3v) is 3.89. The van der Waals surface area contributed by atoms with E-state index in [1.807, 2.05) is 61.0 Å². The summed E-state index contributed by atoms with van der Waals surface area (Å²) in [5, 5.41) is 8.87. The van der Waals surface area contributed by atoms with Gasteiger partial charge in [-0.3, -0.25) is 0 Å². The predicted molar refractivity (Wildman–Crippen MR) is 89.9 cm³/mol. The first kappa shape index (κ1) is 20.2. The van der Waals surface area contributed by atoms with E-state index >= 15 is 0 Å². The average molecular weight is 395 g/mol. The Morgan fingerprint density at radius 3 is 2.22 bits per heavy atom. The van der Waals surface area contributed by atoms with Gasteiger partial charge < -0.3 is 9.54 Å². The lowest BCUT2D eigenvalue weighted by Gasteiger charge is -2.08. The maximum Gasteiger partial charge on any atom is 0.485 e. The fourth-order valence-corrected chi connectivity index (χ4v) is 2.14. The van der Waals surface area contributed by atoms with Crippen LogP contribution in [-0.2, 0) is 10.1 Å². The number of H-pyrrole nitrogens is 1. The average Bonchev–Trinajstić information content (AvgIpc) is 3.29. The first-order valence-corrected chi connectivity index (χ1v) is 8.71. The van der Waals surface area contributed by atoms with Crippen LogP contribution < -0.4 is 4.99 Å². The van der Waals surface area contributed by atoms with Gasteiger partial charge in [0.2, 0.25) is 5.70 Å². The van der Waals surface area contributed by atoms with Gasteiger partial charge in [-0.1, -0.05) is 12.1 Å². The molecule has 0 saturated heterocycles. The number of aromatic amines is 1. The van der Waals surface area contributed by atoms with Crippen molar-refractivity contribution in [3.8, 4) is 6.07 Å². The van der Waals surface area contributed by atoms with Crippen LogP contribution in [0.1, 0.15) is 16.8 Å². The zero-order chi connectivity index (χ0) is 20.1. The van der Waals surface area contributed by atoms with E-state index in [9.17, 15) is 13.2 Å². The highest BCUT2D eigenvalue weighted by Crippen LogP contribution is 2.24. The number of halogens is 3. The number of nitrogens with one attached hydrogen (secondary N) is 2. The van der Waals surface area contributed by atoms with Crippen LogP contribution in [0.15, 0.2) is 60.4 Å². The SMILES string of the molecule is N#Cc1ccc(/C(=C2\C=CC=[NH+]2)c2ccc[nH]2)cc1.O=S(=O)([O-])C(F)(F)F. The molecule has 0 saturated carbocycles. The molecule has 0 bridgehead atoms. The molecule has 1 aromatic carbocycles. The van der Waals surface area contributed by atoms with Crippen molar-refractivity contribution in [3.05, 3.63) is 77.3 Å². The number of rotatable bonds is 2. The Kier molecular flexibility index (Phi) is 5.99. The minimum atomic E-state index is -6.09. The minimum absolute atomic E-state index is 0.668. The summed E-state index contributed by atoms with van der Waals surface area (Å²) < 4.78 is 58.9. The molecular weight excluding hydrogens is 383 g/mol. The number of allylic oxidation sites excluding steroid dienone is 2. The molecule has 1 aliphatic rings. The van der Waals surface area contributed by atoms with Gasteiger partial charge in [-0.05, 0) is 29.8 Å². The van der Waals surface area contributed by atoms with Crippen molar-refractivity contribution in [2.24, 2.45) is 0 Å². The summed E-state index contributed by atoms with van der Waals surface area (Å²) in [6.07, 6.45) is 7.82. The molecule has 0 fully saturated rings. The van der Waals surface area contributed by atoms with Crippen molar-refractivity contribution < 1.29 is 31.1 Å². The molecule has 0 atom stereocenters. The Bertz CT molecular complexity index is 1010. The molecule has 0 spiro atoms. The number of alkyl halides is 3. The van der Waals surface area contributed by atoms with Crippen molar-refractivity contribution >= 4 is 21.9 Å². The molecule has 0 unspecified atom stereocenters. The second-order valence-electron chi connectivity index (χ2n) is 5.13. The van der Waals surface area contributed by atoms with Gasteiger partial charge in [-0.2, -0.15) is 18.4 Å². The number of aromatic nitrogens is 1. The number of hydrogen-bond donors (Lipinski definition) is 2. The zero-order valence-corrected chi connectivity index (χ0v) is 14.3. The molecule has 27 heavy (non-hydrogen) atoms. The van der Waals surface area contributed by atoms with Crippen LogP contribution in [0.5, 0.6) is 0 Å². The molecule has 1 aromatic heterocycles. The second-order valence-corrected chi connectivity index (χ2v) is 6.50. The molecule has 10 heteroatoms. The smallest absolute Gasteiger partial charge is 0.485 e. The van der Waals surface area contributed by atoms with Crippen LogP contribution in [-0.4, -0.2) is 29.7 Å². The highest BCUT2D eigenvalue weighted by molar-refractivity contribution is 7.86. The maximum atomic E-state index is 10.7. The third kappa shape index (κ3) is 5.16. The van der Waals surface area contributed by atoms with Gasteiger partial charge in [-0.25, -0.2) is 13.4 Å². The molecule has 0 radical (unpaired) electrons. The molecule has 140 valence electrons. The summed E-state index contributed by atoms with van der Waals surface area (Å²) in [7, 11) is -6.09. The van der Waals surface area contributed by atoms with E-state index in [0.717, 1.165) is 22.5 Å². The number of hydrogen-bond acceptors (Lipinski definition) is 4. The normalized spacial score (nSPS) is 15.1. The standard InChI is InChI=1S/C16H11N3.CHF3O3S/c17-11-12-5-7-13(8-6-12)16(14-3-1-9-18-14)15-4-2-10-19-15;2-1(3,4)8(5,6)7/h1-10,18H;(H,5,6,7)/b16-15-;. The monoisotopic (exact) mass is 395 g/mol. The molecule has 1 aliphatic heterocycles. The van der Waals surface area contributed by atoms with Gasteiger partial charge in [-0.15, -0.1) is 0 Å². The van der Waals surface area contributed by atoms with E-state index < -0.39 is 15.6 Å². The van der Waals surface area contributed by atoms with E-state index in [1.54, 1.807) is 0 Å². The summed E-state index contributed by atoms with van der Waals surface area (Å²) >= 11 is 0.